The van der Waals surface area contributed by atoms with Gasteiger partial charge in [-0.2, -0.15) is 10.2 Å². The van der Waals surface area contributed by atoms with Gasteiger partial charge in [0, 0.05) is 11.1 Å². The minimum Gasteiger partial charge on any atom is -0.462 e. The molecule has 144 valence electrons. The molecule has 0 spiro atoms. The number of nitrogens with one attached hydrogen (secondary N) is 3. The molecule has 0 saturated heterocycles. The summed E-state index contributed by atoms with van der Waals surface area (Å²) in [6.45, 7) is 5.53. The molecule has 1 aromatic carbocycles. The van der Waals surface area contributed by atoms with Gasteiger partial charge in [0.05, 0.1) is 29.5 Å². The Balaban J connectivity index is 1.82. The fourth-order valence-corrected chi connectivity index (χ4v) is 2.91. The summed E-state index contributed by atoms with van der Waals surface area (Å²) >= 11 is 0. The van der Waals surface area contributed by atoms with E-state index in [-0.39, 0.29) is 17.9 Å². The van der Waals surface area contributed by atoms with Gasteiger partial charge in [0.25, 0.3) is 11.5 Å². The molecule has 9 nitrogen and oxygen atoms in total. The largest absolute Gasteiger partial charge is 0.462 e. The maximum absolute atomic E-state index is 12.4. The van der Waals surface area contributed by atoms with Crippen LogP contribution in [0, 0.1) is 13.8 Å². The molecule has 0 aliphatic rings. The molecular formula is C19H19N5O4. The lowest BCUT2D eigenvalue weighted by atomic mass is 10.1. The smallest absolute Gasteiger partial charge is 0.340 e. The zero-order valence-corrected chi connectivity index (χ0v) is 15.6. The number of H-pyrrole nitrogens is 2. The minimum absolute atomic E-state index is 0.0546. The lowest BCUT2D eigenvalue weighted by Crippen LogP contribution is -2.22. The molecule has 1 amide bonds. The topological polar surface area (TPSA) is 129 Å². The van der Waals surface area contributed by atoms with Crippen molar-refractivity contribution < 1.29 is 14.3 Å². The van der Waals surface area contributed by atoms with Crippen LogP contribution >= 0.6 is 0 Å². The number of carbonyl (C=O) groups is 2. The molecule has 3 rings (SSSR count). The average molecular weight is 381 g/mol. The van der Waals surface area contributed by atoms with E-state index in [1.165, 1.54) is 6.21 Å². The van der Waals surface area contributed by atoms with E-state index in [0.717, 1.165) is 0 Å². The summed E-state index contributed by atoms with van der Waals surface area (Å²) in [6, 6.07) is 6.67. The van der Waals surface area contributed by atoms with E-state index in [0.29, 0.717) is 33.3 Å². The number of benzene rings is 1. The predicted octanol–water partition coefficient (Wildman–Crippen LogP) is 1.81. The molecule has 9 heteroatoms. The van der Waals surface area contributed by atoms with Gasteiger partial charge in [0.1, 0.15) is 0 Å². The molecule has 0 aliphatic heterocycles. The van der Waals surface area contributed by atoms with Crippen molar-refractivity contribution in [3.05, 3.63) is 62.8 Å². The molecule has 2 aromatic heterocycles. The second-order valence-electron chi connectivity index (χ2n) is 6.03. The highest BCUT2D eigenvalue weighted by atomic mass is 16.5. The first-order valence-electron chi connectivity index (χ1n) is 8.61. The van der Waals surface area contributed by atoms with E-state index in [9.17, 15) is 14.4 Å². The highest BCUT2D eigenvalue weighted by molar-refractivity contribution is 6.05. The Bertz CT molecular complexity index is 1140. The molecule has 0 radical (unpaired) electrons. The molecule has 0 saturated carbocycles. The van der Waals surface area contributed by atoms with Crippen LogP contribution in [0.1, 0.15) is 44.7 Å². The quantitative estimate of drug-likeness (QED) is 0.353. The first-order valence-corrected chi connectivity index (χ1v) is 8.61. The Morgan fingerprint density at radius 1 is 1.25 bits per heavy atom. The van der Waals surface area contributed by atoms with Crippen molar-refractivity contribution in [1.29, 1.82) is 0 Å². The van der Waals surface area contributed by atoms with Crippen molar-refractivity contribution in [2.45, 2.75) is 20.8 Å². The molecule has 0 bridgehead atoms. The summed E-state index contributed by atoms with van der Waals surface area (Å²) in [7, 11) is 0. The number of hydrogen-bond donors (Lipinski definition) is 3. The summed E-state index contributed by atoms with van der Waals surface area (Å²) in [6.07, 6.45) is 1.40. The molecule has 0 aliphatic carbocycles. The van der Waals surface area contributed by atoms with Crippen LogP contribution in [-0.2, 0) is 4.74 Å². The van der Waals surface area contributed by atoms with Crippen LogP contribution in [0.25, 0.3) is 10.8 Å². The van der Waals surface area contributed by atoms with E-state index in [1.54, 1.807) is 45.0 Å². The fourth-order valence-electron chi connectivity index (χ4n) is 2.91. The molecule has 0 unspecified atom stereocenters. The number of fused-ring (bicyclic) bond motifs is 1. The maximum atomic E-state index is 12.4. The Hall–Kier alpha value is -3.75. The van der Waals surface area contributed by atoms with Gasteiger partial charge in [-0.05, 0) is 32.4 Å². The SMILES string of the molecule is CCOC(=O)c1c(C)[nH]c(/C=N/NC(=O)c2n[nH]c(=O)c3ccccc23)c1C. The molecule has 28 heavy (non-hydrogen) atoms. The van der Waals surface area contributed by atoms with E-state index in [4.69, 9.17) is 4.74 Å². The zero-order valence-electron chi connectivity index (χ0n) is 15.6. The summed E-state index contributed by atoms with van der Waals surface area (Å²) in [5.41, 5.74) is 4.39. The number of hydrazone groups is 1. The van der Waals surface area contributed by atoms with E-state index in [2.05, 4.69) is 25.7 Å². The van der Waals surface area contributed by atoms with E-state index in [1.807, 2.05) is 0 Å². The third-order valence-corrected chi connectivity index (χ3v) is 4.23. The molecule has 0 atom stereocenters. The predicted molar refractivity (Wildman–Crippen MR) is 104 cm³/mol. The van der Waals surface area contributed by atoms with Crippen molar-refractivity contribution in [3.8, 4) is 0 Å². The zero-order chi connectivity index (χ0) is 20.3. The van der Waals surface area contributed by atoms with Crippen LogP contribution in [0.15, 0.2) is 34.2 Å². The van der Waals surface area contributed by atoms with Gasteiger partial charge in [0.15, 0.2) is 5.69 Å². The number of carbonyl (C=O) groups excluding carboxylic acids is 2. The highest BCUT2D eigenvalue weighted by Gasteiger charge is 2.18. The standard InChI is InChI=1S/C19H19N5O4/c1-4-28-19(27)15-10(2)14(21-11(15)3)9-20-23-18(26)16-12-7-5-6-8-13(12)17(25)24-22-16/h5-9,21H,4H2,1-3H3,(H,23,26)(H,24,25)/b20-9+. The Morgan fingerprint density at radius 3 is 2.68 bits per heavy atom. The van der Waals surface area contributed by atoms with Gasteiger partial charge >= 0.3 is 5.97 Å². The Morgan fingerprint density at radius 2 is 1.96 bits per heavy atom. The molecule has 3 N–H and O–H groups in total. The van der Waals surface area contributed by atoms with Gasteiger partial charge < -0.3 is 9.72 Å². The second-order valence-corrected chi connectivity index (χ2v) is 6.03. The number of rotatable bonds is 5. The average Bonchev–Trinajstić information content (AvgIpc) is 2.96. The number of esters is 1. The highest BCUT2D eigenvalue weighted by Crippen LogP contribution is 2.18. The second kappa shape index (κ2) is 7.87. The number of aromatic nitrogens is 3. The lowest BCUT2D eigenvalue weighted by molar-refractivity contribution is 0.0525. The van der Waals surface area contributed by atoms with E-state index >= 15 is 0 Å². The Kier molecular flexibility index (Phi) is 5.35. The molecule has 2 heterocycles. The fraction of sp³-hybridized carbons (Fsp3) is 0.211. The van der Waals surface area contributed by atoms with E-state index < -0.39 is 11.9 Å². The van der Waals surface area contributed by atoms with Gasteiger partial charge in [-0.15, -0.1) is 0 Å². The maximum Gasteiger partial charge on any atom is 0.340 e. The minimum atomic E-state index is -0.574. The number of amides is 1. The van der Waals surface area contributed by atoms with Crippen molar-refractivity contribution in [2.24, 2.45) is 5.10 Å². The van der Waals surface area contributed by atoms with Gasteiger partial charge in [-0.25, -0.2) is 15.3 Å². The summed E-state index contributed by atoms with van der Waals surface area (Å²) < 4.78 is 5.04. The first-order chi connectivity index (χ1) is 13.4. The third kappa shape index (κ3) is 3.54. The van der Waals surface area contributed by atoms with Gasteiger partial charge in [-0.1, -0.05) is 18.2 Å². The summed E-state index contributed by atoms with van der Waals surface area (Å²) in [5.74, 6) is -0.989. The van der Waals surface area contributed by atoms with Crippen LogP contribution in [0.4, 0.5) is 0 Å². The third-order valence-electron chi connectivity index (χ3n) is 4.23. The molecule has 0 fully saturated rings. The normalized spacial score (nSPS) is 11.1. The first kappa shape index (κ1) is 19.0. The van der Waals surface area contributed by atoms with Crippen LogP contribution < -0.4 is 11.0 Å². The number of aromatic amines is 2. The summed E-state index contributed by atoms with van der Waals surface area (Å²) in [5, 5.41) is 10.8. The van der Waals surface area contributed by atoms with Gasteiger partial charge in [0.2, 0.25) is 0 Å². The van der Waals surface area contributed by atoms with Crippen molar-refractivity contribution in [1.82, 2.24) is 20.6 Å². The van der Waals surface area contributed by atoms with Crippen LogP contribution in [0.3, 0.4) is 0 Å². The van der Waals surface area contributed by atoms with Crippen molar-refractivity contribution >= 4 is 28.9 Å². The van der Waals surface area contributed by atoms with Crippen LogP contribution in [0.2, 0.25) is 0 Å². The molecular weight excluding hydrogens is 362 g/mol. The number of hydrogen-bond acceptors (Lipinski definition) is 6. The number of nitrogens with zero attached hydrogens (tertiary/aromatic N) is 2. The summed E-state index contributed by atoms with van der Waals surface area (Å²) in [4.78, 5) is 39.3. The number of aryl methyl sites for hydroxylation is 1. The van der Waals surface area contributed by atoms with Crippen molar-refractivity contribution in [3.63, 3.8) is 0 Å². The van der Waals surface area contributed by atoms with Gasteiger partial charge in [-0.3, -0.25) is 9.59 Å². The number of ether oxygens (including phenoxy) is 1. The Labute approximate surface area is 159 Å². The monoisotopic (exact) mass is 381 g/mol. The molecule has 3 aromatic rings. The van der Waals surface area contributed by atoms with Crippen LogP contribution in [-0.4, -0.2) is 39.9 Å². The van der Waals surface area contributed by atoms with Crippen molar-refractivity contribution in [2.75, 3.05) is 6.61 Å². The van der Waals surface area contributed by atoms with Crippen LogP contribution in [0.5, 0.6) is 0 Å². The lowest BCUT2D eigenvalue weighted by Gasteiger charge is -2.03.